The van der Waals surface area contributed by atoms with Crippen LogP contribution in [0.5, 0.6) is 0 Å². The number of nitrogens with zero attached hydrogens (tertiary/aromatic N) is 2. The molecule has 0 saturated heterocycles. The second kappa shape index (κ2) is 12.3. The Morgan fingerprint density at radius 2 is 1.80 bits per heavy atom. The van der Waals surface area contributed by atoms with Crippen molar-refractivity contribution in [3.05, 3.63) is 112 Å². The summed E-state index contributed by atoms with van der Waals surface area (Å²) in [6.45, 7) is 8.99. The van der Waals surface area contributed by atoms with Crippen LogP contribution in [0.25, 0.3) is 11.3 Å². The number of amides is 1. The number of carbonyl (C=O) groups excluding carboxylic acids is 1. The van der Waals surface area contributed by atoms with Crippen molar-refractivity contribution in [3.8, 4) is 11.3 Å². The van der Waals surface area contributed by atoms with Gasteiger partial charge in [-0.15, -0.1) is 0 Å². The van der Waals surface area contributed by atoms with Gasteiger partial charge in [-0.05, 0) is 61.2 Å². The molecule has 0 saturated carbocycles. The van der Waals surface area contributed by atoms with Gasteiger partial charge in [-0.3, -0.25) is 4.79 Å². The number of aromatic amines is 1. The van der Waals surface area contributed by atoms with Gasteiger partial charge >= 0.3 is 0 Å². The van der Waals surface area contributed by atoms with Crippen molar-refractivity contribution >= 4 is 17.5 Å². The molecule has 3 N–H and O–H groups in total. The summed E-state index contributed by atoms with van der Waals surface area (Å²) in [5, 5.41) is 0.535. The molecule has 0 radical (unpaired) electrons. The average Bonchev–Trinajstić information content (AvgIpc) is 3.30. The van der Waals surface area contributed by atoms with Crippen LogP contribution in [-0.2, 0) is 6.42 Å². The fraction of sp³-hybridized carbons (Fsp3) is 0.312. The summed E-state index contributed by atoms with van der Waals surface area (Å²) >= 11 is 6.32. The summed E-state index contributed by atoms with van der Waals surface area (Å²) in [5.41, 5.74) is 9.38. The number of halogens is 3. The van der Waals surface area contributed by atoms with Crippen LogP contribution in [0.1, 0.15) is 66.2 Å². The van der Waals surface area contributed by atoms with Crippen LogP contribution in [0.4, 0.5) is 8.78 Å². The van der Waals surface area contributed by atoms with E-state index in [1.165, 1.54) is 12.1 Å². The number of aromatic nitrogens is 2. The van der Waals surface area contributed by atoms with Gasteiger partial charge in [0.2, 0.25) is 0 Å². The first kappa shape index (κ1) is 29.4. The van der Waals surface area contributed by atoms with Gasteiger partial charge in [-0.1, -0.05) is 68.3 Å². The molecule has 0 bridgehead atoms. The fourth-order valence-corrected chi connectivity index (χ4v) is 5.10. The van der Waals surface area contributed by atoms with E-state index in [1.54, 1.807) is 12.1 Å². The molecule has 3 aromatic carbocycles. The second-order valence-electron chi connectivity index (χ2n) is 11.1. The Hall–Kier alpha value is -3.55. The van der Waals surface area contributed by atoms with E-state index in [9.17, 15) is 13.6 Å². The Morgan fingerprint density at radius 3 is 2.42 bits per heavy atom. The first-order valence-electron chi connectivity index (χ1n) is 13.3. The van der Waals surface area contributed by atoms with Gasteiger partial charge in [0.25, 0.3) is 5.91 Å². The molecule has 0 aliphatic heterocycles. The zero-order valence-electron chi connectivity index (χ0n) is 23.3. The van der Waals surface area contributed by atoms with E-state index in [1.807, 2.05) is 48.2 Å². The van der Waals surface area contributed by atoms with E-state index < -0.39 is 23.1 Å². The first-order chi connectivity index (χ1) is 19.0. The number of hydrogen-bond donors (Lipinski definition) is 2. The van der Waals surface area contributed by atoms with Crippen molar-refractivity contribution in [1.82, 2.24) is 14.9 Å². The SMILES string of the molecule is Cc1ccc(C(=O)N(CCCN)[C@@H](c2nc(-c3cccc(Cl)c3)c(Cc3ccc(F)cc3F)[nH]2)C(C)(C)C)cc1. The Labute approximate surface area is 239 Å². The van der Waals surface area contributed by atoms with Gasteiger partial charge in [0, 0.05) is 40.9 Å². The quantitative estimate of drug-likeness (QED) is 0.221. The molecule has 0 aliphatic carbocycles. The third-order valence-electron chi connectivity index (χ3n) is 6.83. The van der Waals surface area contributed by atoms with Crippen molar-refractivity contribution in [2.24, 2.45) is 11.1 Å². The first-order valence-corrected chi connectivity index (χ1v) is 13.7. The largest absolute Gasteiger partial charge is 0.343 e. The fourth-order valence-electron chi connectivity index (χ4n) is 4.91. The standard InChI is InChI=1S/C32H35ClF2N4O/c1-20-9-11-21(12-10-20)31(40)39(16-6-15-36)29(32(2,3)4)30-37-27(18-22-13-14-25(34)19-26(22)35)28(38-30)23-7-5-8-24(33)17-23/h5,7-14,17,19,29H,6,15-16,18,36H2,1-4H3,(H,37,38)/t29-/m0/s1. The molecule has 4 rings (SSSR count). The summed E-state index contributed by atoms with van der Waals surface area (Å²) in [6.07, 6.45) is 0.756. The maximum absolute atomic E-state index is 14.7. The molecule has 0 unspecified atom stereocenters. The van der Waals surface area contributed by atoms with Gasteiger partial charge in [0.15, 0.2) is 0 Å². The molecule has 1 aromatic heterocycles. The molecule has 4 aromatic rings. The van der Waals surface area contributed by atoms with Crippen LogP contribution in [0.15, 0.2) is 66.7 Å². The minimum absolute atomic E-state index is 0.125. The summed E-state index contributed by atoms with van der Waals surface area (Å²) in [7, 11) is 0. The normalized spacial score (nSPS) is 12.4. The maximum atomic E-state index is 14.7. The van der Waals surface area contributed by atoms with Gasteiger partial charge in [-0.25, -0.2) is 13.8 Å². The molecule has 0 aliphatic rings. The highest BCUT2D eigenvalue weighted by Gasteiger charge is 2.38. The van der Waals surface area contributed by atoms with E-state index in [2.05, 4.69) is 25.8 Å². The summed E-state index contributed by atoms with van der Waals surface area (Å²) < 4.78 is 28.3. The number of benzene rings is 3. The van der Waals surface area contributed by atoms with E-state index in [0.717, 1.165) is 17.2 Å². The predicted molar refractivity (Wildman–Crippen MR) is 156 cm³/mol. The van der Waals surface area contributed by atoms with Crippen LogP contribution in [0.2, 0.25) is 5.02 Å². The zero-order chi connectivity index (χ0) is 29.0. The highest BCUT2D eigenvalue weighted by Crippen LogP contribution is 2.40. The lowest BCUT2D eigenvalue weighted by Crippen LogP contribution is -2.42. The number of hydrogen-bond acceptors (Lipinski definition) is 3. The monoisotopic (exact) mass is 564 g/mol. The lowest BCUT2D eigenvalue weighted by Gasteiger charge is -2.39. The molecule has 210 valence electrons. The molecule has 0 fully saturated rings. The third-order valence-corrected chi connectivity index (χ3v) is 7.07. The zero-order valence-corrected chi connectivity index (χ0v) is 24.0. The van der Waals surface area contributed by atoms with Gasteiger partial charge in [0.1, 0.15) is 17.5 Å². The van der Waals surface area contributed by atoms with E-state index in [4.69, 9.17) is 22.3 Å². The molecule has 1 amide bonds. The van der Waals surface area contributed by atoms with Crippen LogP contribution in [0, 0.1) is 24.0 Å². The van der Waals surface area contributed by atoms with E-state index in [0.29, 0.717) is 52.9 Å². The second-order valence-corrected chi connectivity index (χ2v) is 11.6. The summed E-state index contributed by atoms with van der Waals surface area (Å²) in [5.74, 6) is -0.836. The Kier molecular flexibility index (Phi) is 9.06. The molecule has 40 heavy (non-hydrogen) atoms. The number of H-pyrrole nitrogens is 1. The Bertz CT molecular complexity index is 1480. The van der Waals surface area contributed by atoms with Gasteiger partial charge in [-0.2, -0.15) is 0 Å². The minimum Gasteiger partial charge on any atom is -0.343 e. The van der Waals surface area contributed by atoms with Crippen LogP contribution < -0.4 is 5.73 Å². The molecule has 1 heterocycles. The molecule has 0 spiro atoms. The Morgan fingerprint density at radius 1 is 1.07 bits per heavy atom. The van der Waals surface area contributed by atoms with Crippen molar-refractivity contribution in [2.45, 2.75) is 46.6 Å². The number of carbonyl (C=O) groups is 1. The van der Waals surface area contributed by atoms with Crippen molar-refractivity contribution in [3.63, 3.8) is 0 Å². The molecule has 5 nitrogen and oxygen atoms in total. The smallest absolute Gasteiger partial charge is 0.254 e. The summed E-state index contributed by atoms with van der Waals surface area (Å²) in [4.78, 5) is 24.2. The third kappa shape index (κ3) is 6.77. The van der Waals surface area contributed by atoms with Gasteiger partial charge in [0.05, 0.1) is 11.7 Å². The molecule has 8 heteroatoms. The molecular formula is C32H35ClF2N4O. The summed E-state index contributed by atoms with van der Waals surface area (Å²) in [6, 6.07) is 17.8. The van der Waals surface area contributed by atoms with Crippen LogP contribution in [-0.4, -0.2) is 33.9 Å². The number of nitrogens with two attached hydrogens (primary N) is 1. The predicted octanol–water partition coefficient (Wildman–Crippen LogP) is 7.49. The topological polar surface area (TPSA) is 75.0 Å². The van der Waals surface area contributed by atoms with Crippen LogP contribution in [0.3, 0.4) is 0 Å². The molecular weight excluding hydrogens is 530 g/mol. The van der Waals surface area contributed by atoms with Crippen LogP contribution >= 0.6 is 11.6 Å². The van der Waals surface area contributed by atoms with Crippen molar-refractivity contribution < 1.29 is 13.6 Å². The lowest BCUT2D eigenvalue weighted by molar-refractivity contribution is 0.0491. The highest BCUT2D eigenvalue weighted by molar-refractivity contribution is 6.30. The average molecular weight is 565 g/mol. The van der Waals surface area contributed by atoms with E-state index in [-0.39, 0.29) is 12.3 Å². The number of aryl methyl sites for hydroxylation is 1. The highest BCUT2D eigenvalue weighted by atomic mass is 35.5. The number of rotatable bonds is 9. The molecule has 1 atom stereocenters. The number of nitrogens with one attached hydrogen (secondary N) is 1. The van der Waals surface area contributed by atoms with E-state index >= 15 is 0 Å². The lowest BCUT2D eigenvalue weighted by atomic mass is 9.84. The minimum atomic E-state index is -0.639. The van der Waals surface area contributed by atoms with Gasteiger partial charge < -0.3 is 15.6 Å². The maximum Gasteiger partial charge on any atom is 0.254 e. The van der Waals surface area contributed by atoms with Crippen molar-refractivity contribution in [2.75, 3.05) is 13.1 Å². The van der Waals surface area contributed by atoms with Crippen molar-refractivity contribution in [1.29, 1.82) is 0 Å². The number of imidazole rings is 1. The Balaban J connectivity index is 1.86.